The van der Waals surface area contributed by atoms with Gasteiger partial charge in [-0.2, -0.15) is 0 Å². The van der Waals surface area contributed by atoms with E-state index in [0.717, 1.165) is 5.17 Å². The van der Waals surface area contributed by atoms with Crippen molar-refractivity contribution in [2.24, 2.45) is 4.99 Å². The lowest BCUT2D eigenvalue weighted by atomic mass is 9.96. The molecule has 0 aromatic rings. The number of amidine groups is 1. The third-order valence-corrected chi connectivity index (χ3v) is 4.11. The van der Waals surface area contributed by atoms with Crippen LogP contribution >= 0.6 is 11.8 Å². The lowest BCUT2D eigenvalue weighted by Crippen LogP contribution is -2.49. The summed E-state index contributed by atoms with van der Waals surface area (Å²) in [5.74, 6) is 0. The van der Waals surface area contributed by atoms with Crippen molar-refractivity contribution in [2.75, 3.05) is 14.1 Å². The van der Waals surface area contributed by atoms with Gasteiger partial charge in [0.2, 0.25) is 0 Å². The number of urea groups is 1. The smallest absolute Gasteiger partial charge is 0.275 e. The van der Waals surface area contributed by atoms with Gasteiger partial charge in [0.05, 0.1) is 6.04 Å². The molecule has 7 heteroatoms. The van der Waals surface area contributed by atoms with Crippen molar-refractivity contribution >= 4 is 23.0 Å². The van der Waals surface area contributed by atoms with E-state index >= 15 is 0 Å². The lowest BCUT2D eigenvalue weighted by molar-refractivity contribution is 0.210. The summed E-state index contributed by atoms with van der Waals surface area (Å²) in [5, 5.41) is 3.01. The third kappa shape index (κ3) is 3.50. The summed E-state index contributed by atoms with van der Waals surface area (Å²) in [7, 11) is 3.52. The molecule has 3 N–H and O–H groups in total. The minimum absolute atomic E-state index is 0.284. The number of hydrogen-bond acceptors (Lipinski definition) is 5. The molecular weight excluding hydrogens is 238 g/mol. The van der Waals surface area contributed by atoms with Crippen LogP contribution in [0.15, 0.2) is 4.99 Å². The van der Waals surface area contributed by atoms with Crippen LogP contribution in [-0.2, 0) is 0 Å². The van der Waals surface area contributed by atoms with Gasteiger partial charge in [-0.05, 0) is 12.8 Å². The summed E-state index contributed by atoms with van der Waals surface area (Å²) in [5.41, 5.74) is 8.03. The highest BCUT2D eigenvalue weighted by Crippen LogP contribution is 2.35. The Morgan fingerprint density at radius 1 is 1.41 bits per heavy atom. The van der Waals surface area contributed by atoms with Gasteiger partial charge in [0, 0.05) is 19.3 Å². The summed E-state index contributed by atoms with van der Waals surface area (Å²) >= 11 is 1.74. The fourth-order valence-corrected chi connectivity index (χ4v) is 3.32. The maximum atomic E-state index is 11.3. The van der Waals surface area contributed by atoms with Crippen LogP contribution in [0.25, 0.3) is 0 Å². The van der Waals surface area contributed by atoms with Crippen molar-refractivity contribution in [3.8, 4) is 0 Å². The van der Waals surface area contributed by atoms with Crippen LogP contribution < -0.4 is 16.3 Å². The molecule has 0 saturated heterocycles. The molecule has 2 atom stereocenters. The van der Waals surface area contributed by atoms with Crippen LogP contribution in [0.4, 0.5) is 4.79 Å². The number of hydrazine groups is 2. The molecule has 0 bridgehead atoms. The Morgan fingerprint density at radius 2 is 2.18 bits per heavy atom. The number of nitrogens with one attached hydrogen (secondary N) is 3. The molecule has 0 aromatic heterocycles. The number of thioether (sulfide) groups is 1. The molecule has 2 amide bonds. The topological polar surface area (TPSA) is 68.8 Å². The van der Waals surface area contributed by atoms with Crippen LogP contribution in [0.5, 0.6) is 0 Å². The highest BCUT2D eigenvalue weighted by atomic mass is 32.2. The lowest BCUT2D eigenvalue weighted by Gasteiger charge is -2.21. The first-order valence-electron chi connectivity index (χ1n) is 5.89. The molecule has 1 aliphatic heterocycles. The van der Waals surface area contributed by atoms with E-state index in [-0.39, 0.29) is 6.03 Å². The molecular formula is C10H19N5OS. The van der Waals surface area contributed by atoms with E-state index in [9.17, 15) is 4.79 Å². The quantitative estimate of drug-likeness (QED) is 0.604. The Morgan fingerprint density at radius 3 is 2.88 bits per heavy atom. The zero-order chi connectivity index (χ0) is 12.3. The van der Waals surface area contributed by atoms with Crippen LogP contribution in [0.1, 0.15) is 25.7 Å². The molecule has 0 spiro atoms. The summed E-state index contributed by atoms with van der Waals surface area (Å²) in [4.78, 5) is 15.9. The highest BCUT2D eigenvalue weighted by Gasteiger charge is 2.32. The van der Waals surface area contributed by atoms with E-state index in [4.69, 9.17) is 0 Å². The van der Waals surface area contributed by atoms with Crippen molar-refractivity contribution in [3.05, 3.63) is 0 Å². The summed E-state index contributed by atoms with van der Waals surface area (Å²) in [6.07, 6.45) is 4.97. The Hall–Kier alpha value is -0.950. The molecule has 2 rings (SSSR count). The van der Waals surface area contributed by atoms with Gasteiger partial charge in [0.25, 0.3) is 0 Å². The molecule has 6 nitrogen and oxygen atoms in total. The first-order valence-corrected chi connectivity index (χ1v) is 6.77. The predicted octanol–water partition coefficient (Wildman–Crippen LogP) is 0.681. The van der Waals surface area contributed by atoms with Gasteiger partial charge in [-0.3, -0.25) is 15.8 Å². The van der Waals surface area contributed by atoms with Crippen LogP contribution in [0.2, 0.25) is 0 Å². The molecule has 0 radical (unpaired) electrons. The zero-order valence-corrected chi connectivity index (χ0v) is 11.0. The van der Waals surface area contributed by atoms with Gasteiger partial charge in [-0.15, -0.1) is 0 Å². The van der Waals surface area contributed by atoms with Crippen LogP contribution in [0.3, 0.4) is 0 Å². The van der Waals surface area contributed by atoms with Crippen molar-refractivity contribution in [1.82, 2.24) is 21.3 Å². The Bertz CT molecular complexity index is 320. The number of fused-ring (bicyclic) bond motifs is 1. The van der Waals surface area contributed by atoms with Gasteiger partial charge in [-0.25, -0.2) is 15.2 Å². The van der Waals surface area contributed by atoms with Gasteiger partial charge < -0.3 is 0 Å². The van der Waals surface area contributed by atoms with Crippen molar-refractivity contribution < 1.29 is 4.79 Å². The number of carbonyl (C=O) groups is 1. The number of aliphatic imine (C=N–C) groups is 1. The predicted molar refractivity (Wildman–Crippen MR) is 69.6 cm³/mol. The molecule has 2 unspecified atom stereocenters. The largest absolute Gasteiger partial charge is 0.347 e. The summed E-state index contributed by atoms with van der Waals surface area (Å²) < 4.78 is 0. The molecule has 1 saturated carbocycles. The Labute approximate surface area is 106 Å². The molecule has 1 aliphatic carbocycles. The zero-order valence-electron chi connectivity index (χ0n) is 10.2. The highest BCUT2D eigenvalue weighted by molar-refractivity contribution is 8.14. The number of carbonyl (C=O) groups excluding carboxylic acids is 1. The minimum atomic E-state index is -0.284. The number of nitrogens with zero attached hydrogens (tertiary/aromatic N) is 2. The maximum Gasteiger partial charge on any atom is 0.347 e. The molecule has 1 heterocycles. The van der Waals surface area contributed by atoms with E-state index < -0.39 is 0 Å². The number of hydrogen-bond donors (Lipinski definition) is 3. The Kier molecular flexibility index (Phi) is 4.11. The van der Waals surface area contributed by atoms with E-state index in [2.05, 4.69) is 21.3 Å². The number of rotatable bonds is 1. The average molecular weight is 257 g/mol. The van der Waals surface area contributed by atoms with E-state index in [0.29, 0.717) is 11.3 Å². The molecule has 1 fully saturated rings. The fourth-order valence-electron chi connectivity index (χ4n) is 2.09. The van der Waals surface area contributed by atoms with Gasteiger partial charge in [0.1, 0.15) is 0 Å². The summed E-state index contributed by atoms with van der Waals surface area (Å²) in [6.45, 7) is 0. The monoisotopic (exact) mass is 257 g/mol. The molecule has 0 aromatic carbocycles. The summed E-state index contributed by atoms with van der Waals surface area (Å²) in [6, 6.07) is 0.156. The Balaban J connectivity index is 1.75. The second-order valence-corrected chi connectivity index (χ2v) is 5.76. The SMILES string of the molecule is CN(C)NC(=O)NNC1=NC2CCCCC2S1. The maximum absolute atomic E-state index is 11.3. The van der Waals surface area contributed by atoms with Crippen molar-refractivity contribution in [2.45, 2.75) is 37.0 Å². The van der Waals surface area contributed by atoms with Gasteiger partial charge in [-0.1, -0.05) is 24.6 Å². The second kappa shape index (κ2) is 5.59. The third-order valence-electron chi connectivity index (χ3n) is 2.82. The van der Waals surface area contributed by atoms with Crippen LogP contribution in [-0.4, -0.2) is 41.6 Å². The molecule has 96 valence electrons. The van der Waals surface area contributed by atoms with Gasteiger partial charge >= 0.3 is 6.03 Å². The van der Waals surface area contributed by atoms with Crippen molar-refractivity contribution in [1.29, 1.82) is 0 Å². The van der Waals surface area contributed by atoms with E-state index in [1.54, 1.807) is 30.9 Å². The van der Waals surface area contributed by atoms with E-state index in [1.165, 1.54) is 25.7 Å². The normalized spacial score (nSPS) is 27.4. The van der Waals surface area contributed by atoms with E-state index in [1.807, 2.05) is 0 Å². The second-order valence-electron chi connectivity index (χ2n) is 4.53. The standard InChI is InChI=1S/C10H19N5OS/c1-15(2)14-9(16)12-13-10-11-7-5-3-4-6-8(7)17-10/h7-8H,3-6H2,1-2H3,(H,11,13)(H2,12,14,16). The average Bonchev–Trinajstić information content (AvgIpc) is 2.68. The molecule has 17 heavy (non-hydrogen) atoms. The first kappa shape index (κ1) is 12.5. The fraction of sp³-hybridized carbons (Fsp3) is 0.800. The molecule has 2 aliphatic rings. The van der Waals surface area contributed by atoms with Gasteiger partial charge in [0.15, 0.2) is 5.17 Å². The number of amides is 2. The minimum Gasteiger partial charge on any atom is -0.275 e. The van der Waals surface area contributed by atoms with Crippen LogP contribution in [0, 0.1) is 0 Å². The van der Waals surface area contributed by atoms with Crippen molar-refractivity contribution in [3.63, 3.8) is 0 Å². The first-order chi connectivity index (χ1) is 8.15.